The maximum Gasteiger partial charge on any atom is 0.259 e. The average Bonchev–Trinajstić information content (AvgIpc) is 3.11. The maximum absolute atomic E-state index is 13.8. The highest BCUT2D eigenvalue weighted by atomic mass is 32.9. The average molecular weight is 470 g/mol. The van der Waals surface area contributed by atoms with Crippen LogP contribution >= 0.6 is 32.9 Å². The second-order valence-electron chi connectivity index (χ2n) is 9.30. The first-order valence-electron chi connectivity index (χ1n) is 10.4. The summed E-state index contributed by atoms with van der Waals surface area (Å²) in [5.74, 6) is 0.783. The van der Waals surface area contributed by atoms with Crippen LogP contribution < -0.4 is 9.64 Å². The van der Waals surface area contributed by atoms with E-state index in [-0.39, 0.29) is 11.3 Å². The summed E-state index contributed by atoms with van der Waals surface area (Å²) in [5, 5.41) is 0. The number of anilines is 1. The minimum atomic E-state index is -0.506. The topological polar surface area (TPSA) is 29.5 Å². The third-order valence-corrected chi connectivity index (χ3v) is 9.07. The van der Waals surface area contributed by atoms with E-state index in [1.54, 1.807) is 20.7 Å². The molecule has 0 saturated carbocycles. The number of benzene rings is 2. The summed E-state index contributed by atoms with van der Waals surface area (Å²) in [4.78, 5) is 16.9. The Hall–Kier alpha value is -2.02. The molecule has 1 aliphatic heterocycles. The second kappa shape index (κ2) is 7.84. The Morgan fingerprint density at radius 1 is 1.10 bits per heavy atom. The quantitative estimate of drug-likeness (QED) is 0.289. The van der Waals surface area contributed by atoms with Gasteiger partial charge in [0.2, 0.25) is 0 Å². The number of carbonyl (C=O) groups excluding carboxylic acids is 1. The van der Waals surface area contributed by atoms with E-state index in [1.807, 2.05) is 42.2 Å². The summed E-state index contributed by atoms with van der Waals surface area (Å²) >= 11 is 5.69. The third-order valence-electron chi connectivity index (χ3n) is 5.74. The lowest BCUT2D eigenvalue weighted by Gasteiger charge is -2.43. The van der Waals surface area contributed by atoms with Gasteiger partial charge in [-0.2, -0.15) is 0 Å². The van der Waals surface area contributed by atoms with Crippen molar-refractivity contribution < 1.29 is 9.53 Å². The van der Waals surface area contributed by atoms with Gasteiger partial charge in [0.15, 0.2) is 0 Å². The molecule has 3 nitrogen and oxygen atoms in total. The monoisotopic (exact) mass is 469 g/mol. The van der Waals surface area contributed by atoms with Gasteiger partial charge >= 0.3 is 0 Å². The number of rotatable bonds is 3. The predicted molar refractivity (Wildman–Crippen MR) is 135 cm³/mol. The number of hydrogen-bond acceptors (Lipinski definition) is 5. The van der Waals surface area contributed by atoms with Gasteiger partial charge in [-0.25, -0.2) is 0 Å². The van der Waals surface area contributed by atoms with Crippen molar-refractivity contribution in [3.8, 4) is 16.9 Å². The lowest BCUT2D eigenvalue weighted by molar-refractivity contribution is 0.0961. The van der Waals surface area contributed by atoms with Crippen LogP contribution in [0, 0.1) is 3.82 Å². The molecule has 0 N–H and O–H groups in total. The SMILES string of the molecule is CCOc1ccc2c(c1)-c1c(ssc1=S)C(C)(C)N2C(=O)c1ccc(C(C)(C)C)cc1. The van der Waals surface area contributed by atoms with Gasteiger partial charge in [-0.05, 0) is 62.1 Å². The Balaban J connectivity index is 1.86. The minimum absolute atomic E-state index is 0.00848. The van der Waals surface area contributed by atoms with E-state index in [2.05, 4.69) is 46.8 Å². The Morgan fingerprint density at radius 3 is 2.39 bits per heavy atom. The molecule has 0 saturated heterocycles. The van der Waals surface area contributed by atoms with Crippen LogP contribution in [0.1, 0.15) is 62.3 Å². The zero-order chi connectivity index (χ0) is 22.6. The molecular weight excluding hydrogens is 442 g/mol. The van der Waals surface area contributed by atoms with Crippen molar-refractivity contribution in [2.75, 3.05) is 11.5 Å². The lowest BCUT2D eigenvalue weighted by Crippen LogP contribution is -2.47. The van der Waals surface area contributed by atoms with Gasteiger partial charge in [0.05, 0.1) is 22.7 Å². The normalized spacial score (nSPS) is 14.7. The van der Waals surface area contributed by atoms with Crippen molar-refractivity contribution in [2.45, 2.75) is 52.5 Å². The summed E-state index contributed by atoms with van der Waals surface area (Å²) in [6.07, 6.45) is 0. The number of fused-ring (bicyclic) bond motifs is 3. The fraction of sp³-hybridized carbons (Fsp3) is 0.360. The maximum atomic E-state index is 13.8. The molecule has 1 aliphatic rings. The van der Waals surface area contributed by atoms with E-state index in [4.69, 9.17) is 17.0 Å². The van der Waals surface area contributed by atoms with Crippen LogP contribution in [0.5, 0.6) is 5.75 Å². The zero-order valence-corrected chi connectivity index (χ0v) is 21.2. The molecule has 0 aliphatic carbocycles. The predicted octanol–water partition coefficient (Wildman–Crippen LogP) is 7.80. The molecule has 31 heavy (non-hydrogen) atoms. The van der Waals surface area contributed by atoms with Crippen molar-refractivity contribution in [1.29, 1.82) is 0 Å². The second-order valence-corrected chi connectivity index (χ2v) is 12.1. The third kappa shape index (κ3) is 3.75. The Bertz CT molecular complexity index is 1200. The van der Waals surface area contributed by atoms with Gasteiger partial charge in [-0.15, -0.1) is 0 Å². The highest BCUT2D eigenvalue weighted by molar-refractivity contribution is 7.80. The molecule has 3 aromatic rings. The van der Waals surface area contributed by atoms with Gasteiger partial charge in [-0.1, -0.05) is 65.8 Å². The van der Waals surface area contributed by atoms with Crippen LogP contribution in [0.15, 0.2) is 42.5 Å². The van der Waals surface area contributed by atoms with Gasteiger partial charge in [0, 0.05) is 16.7 Å². The van der Waals surface area contributed by atoms with E-state index < -0.39 is 5.54 Å². The van der Waals surface area contributed by atoms with Crippen molar-refractivity contribution in [1.82, 2.24) is 0 Å². The molecule has 2 aromatic carbocycles. The molecule has 1 amide bonds. The molecule has 0 unspecified atom stereocenters. The van der Waals surface area contributed by atoms with Crippen molar-refractivity contribution in [2.24, 2.45) is 0 Å². The first-order valence-corrected chi connectivity index (χ1v) is 13.0. The molecule has 0 spiro atoms. The van der Waals surface area contributed by atoms with Gasteiger partial charge < -0.3 is 4.74 Å². The molecule has 0 fully saturated rings. The summed E-state index contributed by atoms with van der Waals surface area (Å²) < 4.78 is 6.62. The number of ether oxygens (including phenoxy) is 1. The lowest BCUT2D eigenvalue weighted by atomic mass is 9.85. The van der Waals surface area contributed by atoms with Crippen molar-refractivity contribution in [3.05, 3.63) is 62.3 Å². The highest BCUT2D eigenvalue weighted by Gasteiger charge is 2.43. The number of nitrogens with zero attached hydrogens (tertiary/aromatic N) is 1. The molecule has 0 bridgehead atoms. The Morgan fingerprint density at radius 2 is 1.77 bits per heavy atom. The molecule has 0 radical (unpaired) electrons. The molecule has 2 heterocycles. The van der Waals surface area contributed by atoms with Crippen LogP contribution in [0.25, 0.3) is 11.1 Å². The van der Waals surface area contributed by atoms with Crippen molar-refractivity contribution >= 4 is 44.5 Å². The van der Waals surface area contributed by atoms with Gasteiger partial charge in [0.25, 0.3) is 5.91 Å². The van der Waals surface area contributed by atoms with Crippen molar-refractivity contribution in [3.63, 3.8) is 0 Å². The first-order chi connectivity index (χ1) is 14.6. The zero-order valence-electron chi connectivity index (χ0n) is 18.7. The van der Waals surface area contributed by atoms with Crippen LogP contribution in [0.4, 0.5) is 5.69 Å². The number of carbonyl (C=O) groups is 1. The van der Waals surface area contributed by atoms with Crippen LogP contribution in [0.2, 0.25) is 0 Å². The van der Waals surface area contributed by atoms with Crippen LogP contribution in [-0.4, -0.2) is 12.5 Å². The standard InChI is InChI=1S/C25H27NO2S3/c1-7-28-17-12-13-19-18(14-17)20-21(30-31-23(20)29)25(5,6)26(19)22(27)15-8-10-16(11-9-15)24(2,3)4/h8-14H,7H2,1-6H3. The number of amides is 1. The molecule has 162 valence electrons. The van der Waals surface area contributed by atoms with E-state index in [0.29, 0.717) is 12.2 Å². The largest absolute Gasteiger partial charge is 0.494 e. The summed E-state index contributed by atoms with van der Waals surface area (Å²) in [5.41, 5.74) is 4.35. The van der Waals surface area contributed by atoms with Gasteiger partial charge in [0.1, 0.15) is 9.57 Å². The van der Waals surface area contributed by atoms with E-state index in [9.17, 15) is 4.79 Å². The number of hydrogen-bond donors (Lipinski definition) is 0. The molecule has 6 heteroatoms. The fourth-order valence-corrected chi connectivity index (χ4v) is 7.35. The molecular formula is C25H27NO2S3. The van der Waals surface area contributed by atoms with E-state index >= 15 is 0 Å². The molecule has 4 rings (SSSR count). The molecule has 1 aromatic heterocycles. The van der Waals surface area contributed by atoms with Gasteiger partial charge in [-0.3, -0.25) is 9.69 Å². The highest BCUT2D eigenvalue weighted by Crippen LogP contribution is 2.53. The molecule has 0 atom stereocenters. The summed E-state index contributed by atoms with van der Waals surface area (Å²) in [7, 11) is 3.26. The minimum Gasteiger partial charge on any atom is -0.494 e. The Kier molecular flexibility index (Phi) is 5.61. The Labute approximate surface area is 196 Å². The van der Waals surface area contributed by atoms with E-state index in [1.165, 1.54) is 5.56 Å². The first kappa shape index (κ1) is 22.2. The van der Waals surface area contributed by atoms with E-state index in [0.717, 1.165) is 31.3 Å². The smallest absolute Gasteiger partial charge is 0.259 e. The fourth-order valence-electron chi connectivity index (χ4n) is 4.07. The summed E-state index contributed by atoms with van der Waals surface area (Å²) in [6.45, 7) is 13.3. The van der Waals surface area contributed by atoms with Crippen LogP contribution in [0.3, 0.4) is 0 Å². The summed E-state index contributed by atoms with van der Waals surface area (Å²) in [6, 6.07) is 13.9. The van der Waals surface area contributed by atoms with Crippen LogP contribution in [-0.2, 0) is 11.0 Å².